The van der Waals surface area contributed by atoms with Gasteiger partial charge in [-0.2, -0.15) is 0 Å². The summed E-state index contributed by atoms with van der Waals surface area (Å²) >= 11 is 0. The van der Waals surface area contributed by atoms with Crippen LogP contribution in [-0.2, 0) is 67.2 Å². The maximum atomic E-state index is 14.7. The van der Waals surface area contributed by atoms with Crippen molar-refractivity contribution in [2.24, 2.45) is 17.2 Å². The molecule has 19 N–H and O–H groups in total. The van der Waals surface area contributed by atoms with Crippen LogP contribution in [0.3, 0.4) is 0 Å². The van der Waals surface area contributed by atoms with E-state index in [1.54, 1.807) is 42.6 Å². The zero-order valence-corrected chi connectivity index (χ0v) is 45.0. The predicted octanol–water partition coefficient (Wildman–Crippen LogP) is -1.62. The fourth-order valence-electron chi connectivity index (χ4n) is 8.54. The second-order valence-electron chi connectivity index (χ2n) is 19.2. The zero-order chi connectivity index (χ0) is 58.6. The number of para-hydroxylation sites is 1. The molecule has 4 rings (SSSR count). The largest absolute Gasteiger partial charge is 0.481 e. The third kappa shape index (κ3) is 22.2. The van der Waals surface area contributed by atoms with Gasteiger partial charge < -0.3 is 80.1 Å². The van der Waals surface area contributed by atoms with E-state index in [0.29, 0.717) is 49.0 Å². The van der Waals surface area contributed by atoms with E-state index in [1.165, 1.54) is 19.4 Å². The number of aliphatic carboxylic acids is 1. The van der Waals surface area contributed by atoms with Crippen molar-refractivity contribution in [2.75, 3.05) is 19.6 Å². The van der Waals surface area contributed by atoms with Gasteiger partial charge in [-0.25, -0.2) is 4.98 Å². The number of carboxylic acids is 1. The first-order valence-electron chi connectivity index (χ1n) is 26.5. The average Bonchev–Trinajstić information content (AvgIpc) is 4.11. The van der Waals surface area contributed by atoms with Crippen molar-refractivity contribution in [1.82, 2.24) is 62.8 Å². The first kappa shape index (κ1) is 63.7. The van der Waals surface area contributed by atoms with Gasteiger partial charge in [0.2, 0.25) is 53.2 Å². The lowest BCUT2D eigenvalue weighted by molar-refractivity contribution is -0.138. The Kier molecular flexibility index (Phi) is 26.6. The molecule has 2 aromatic carbocycles. The molecule has 0 bridgehead atoms. The number of primary amides is 1. The maximum absolute atomic E-state index is 14.7. The summed E-state index contributed by atoms with van der Waals surface area (Å²) in [6.07, 6.45) is 5.77. The number of amides is 9. The molecule has 2 aromatic heterocycles. The molecule has 0 aliphatic heterocycles. The molecule has 4 aromatic rings. The fraction of sp³-hybridized carbons (Fsp3) is 0.472. The molecule has 9 amide bonds. The van der Waals surface area contributed by atoms with Crippen LogP contribution in [0.4, 0.5) is 0 Å². The van der Waals surface area contributed by atoms with Crippen LogP contribution >= 0.6 is 0 Å². The Morgan fingerprint density at radius 1 is 0.613 bits per heavy atom. The molecule has 0 aliphatic carbocycles. The van der Waals surface area contributed by atoms with Crippen LogP contribution in [0.2, 0.25) is 0 Å². The summed E-state index contributed by atoms with van der Waals surface area (Å²) in [5.74, 6) is -8.78. The van der Waals surface area contributed by atoms with E-state index in [2.05, 4.69) is 62.8 Å². The lowest BCUT2D eigenvalue weighted by Crippen LogP contribution is -2.60. The molecular weight excluding hydrogens is 1040 g/mol. The number of fused-ring (bicyclic) bond motifs is 1. The number of carbonyl (C=O) groups is 10. The molecule has 2 heterocycles. The average molecular weight is 1110 g/mol. The Bertz CT molecular complexity index is 2720. The van der Waals surface area contributed by atoms with Crippen molar-refractivity contribution in [2.45, 2.75) is 140 Å². The van der Waals surface area contributed by atoms with Crippen LogP contribution in [0.5, 0.6) is 0 Å². The van der Waals surface area contributed by atoms with E-state index in [4.69, 9.17) is 22.6 Å². The Labute approximate surface area is 462 Å². The van der Waals surface area contributed by atoms with E-state index < -0.39 is 121 Å². The van der Waals surface area contributed by atoms with Crippen molar-refractivity contribution in [1.29, 1.82) is 5.41 Å². The van der Waals surface area contributed by atoms with Crippen LogP contribution in [0, 0.1) is 5.41 Å². The molecule has 0 aliphatic rings. The van der Waals surface area contributed by atoms with Crippen molar-refractivity contribution in [3.8, 4) is 0 Å². The second kappa shape index (κ2) is 33.4. The van der Waals surface area contributed by atoms with E-state index >= 15 is 0 Å². The minimum Gasteiger partial charge on any atom is -0.481 e. The first-order valence-corrected chi connectivity index (χ1v) is 26.5. The van der Waals surface area contributed by atoms with Crippen LogP contribution < -0.4 is 65.1 Å². The smallest absolute Gasteiger partial charge is 0.303 e. The van der Waals surface area contributed by atoms with Gasteiger partial charge in [-0.3, -0.25) is 53.4 Å². The number of benzene rings is 2. The monoisotopic (exact) mass is 1110 g/mol. The minimum atomic E-state index is -1.51. The molecule has 0 fully saturated rings. The van der Waals surface area contributed by atoms with E-state index in [-0.39, 0.29) is 57.5 Å². The normalized spacial score (nSPS) is 13.6. The van der Waals surface area contributed by atoms with Gasteiger partial charge >= 0.3 is 5.97 Å². The van der Waals surface area contributed by atoms with Crippen LogP contribution in [0.15, 0.2) is 73.3 Å². The molecule has 27 nitrogen and oxygen atoms in total. The number of guanidine groups is 1. The number of imidazole rings is 1. The summed E-state index contributed by atoms with van der Waals surface area (Å²) in [6.45, 7) is 2.96. The molecule has 0 saturated carbocycles. The number of carboxylic acid groups (broad SMARTS) is 1. The number of aromatic amines is 2. The highest BCUT2D eigenvalue weighted by atomic mass is 16.4. The van der Waals surface area contributed by atoms with Crippen molar-refractivity contribution in [3.05, 3.63) is 90.1 Å². The molecule has 27 heteroatoms. The number of hydrogen-bond acceptors (Lipinski definition) is 13. The van der Waals surface area contributed by atoms with E-state index in [9.17, 15) is 53.1 Å². The third-order valence-electron chi connectivity index (χ3n) is 12.7. The Hall–Kier alpha value is -8.88. The highest BCUT2D eigenvalue weighted by Crippen LogP contribution is 2.20. The van der Waals surface area contributed by atoms with Crippen molar-refractivity contribution in [3.63, 3.8) is 0 Å². The SMILES string of the molecule is CCCC[C@H](NC(C)=O)C(=O)N[C@@H](CCC(=O)O)C(=O)N[C@@H](Cc1c[nH]cn1)C(=O)N[C@@H](Cc1ccccc1)C(=O)N[C@@H](CCCNC(=N)N)C(=O)N[C@@H](Cc1c[nH]c2ccccc12)C(=O)NCC(=O)N[C@@H](CCCCN)C(N)=O. The molecular formula is C53H76N16O11. The molecule has 0 spiro atoms. The summed E-state index contributed by atoms with van der Waals surface area (Å²) in [5, 5.41) is 41.5. The lowest BCUT2D eigenvalue weighted by Gasteiger charge is -2.28. The number of rotatable bonds is 36. The molecule has 434 valence electrons. The lowest BCUT2D eigenvalue weighted by atomic mass is 10.0. The van der Waals surface area contributed by atoms with Gasteiger partial charge in [0.25, 0.3) is 0 Å². The number of nitrogens with two attached hydrogens (primary N) is 3. The second-order valence-corrected chi connectivity index (χ2v) is 19.2. The van der Waals surface area contributed by atoms with Gasteiger partial charge in [0, 0.05) is 62.4 Å². The van der Waals surface area contributed by atoms with Gasteiger partial charge in [-0.1, -0.05) is 68.3 Å². The Morgan fingerprint density at radius 2 is 1.18 bits per heavy atom. The highest BCUT2D eigenvalue weighted by molar-refractivity contribution is 5.98. The predicted molar refractivity (Wildman–Crippen MR) is 294 cm³/mol. The zero-order valence-electron chi connectivity index (χ0n) is 45.0. The molecule has 0 unspecified atom stereocenters. The summed E-state index contributed by atoms with van der Waals surface area (Å²) in [7, 11) is 0. The number of nitrogens with one attached hydrogen (secondary N) is 12. The summed E-state index contributed by atoms with van der Waals surface area (Å²) in [4.78, 5) is 145. The maximum Gasteiger partial charge on any atom is 0.303 e. The topological polar surface area (TPSA) is 446 Å². The molecule has 0 radical (unpaired) electrons. The van der Waals surface area contributed by atoms with E-state index in [0.717, 1.165) is 10.9 Å². The van der Waals surface area contributed by atoms with Gasteiger partial charge in [-0.15, -0.1) is 0 Å². The highest BCUT2D eigenvalue weighted by Gasteiger charge is 2.35. The first-order chi connectivity index (χ1) is 38.3. The number of H-pyrrole nitrogens is 2. The number of carbonyl (C=O) groups excluding carboxylic acids is 9. The standard InChI is InChI=1S/C53H76N16O11/c1-3-4-16-38(63-31(2)70)48(76)66-40(20-21-45(72)73)50(78)69-43(26-34-28-58-30-62-34)52(80)67-41(24-32-13-6-5-7-14-32)51(79)65-39(19-12-23-59-53(56)57)49(77)68-42(25-33-27-60-36-17-9-8-15-35(33)36)47(75)61-29-44(71)64-37(46(55)74)18-10-11-22-54/h5-9,13-15,17,27-28,30,37-43,60H,3-4,10-12,16,18-26,29,54H2,1-2H3,(H2,55,74)(H,58,62)(H,61,75)(H,63,70)(H,64,71)(H,65,79)(H,66,76)(H,67,80)(H,68,77)(H,69,78)(H,72,73)(H4,56,57,59)/t37-,38-,39-,40-,41-,42-,43-/m0/s1. The molecule has 80 heavy (non-hydrogen) atoms. The number of aromatic nitrogens is 3. The minimum absolute atomic E-state index is 0.0845. The Morgan fingerprint density at radius 3 is 1.76 bits per heavy atom. The number of hydrogen-bond donors (Lipinski definition) is 16. The van der Waals surface area contributed by atoms with E-state index in [1.807, 2.05) is 25.1 Å². The fourth-order valence-corrected chi connectivity index (χ4v) is 8.54. The number of unbranched alkanes of at least 4 members (excludes halogenated alkanes) is 2. The van der Waals surface area contributed by atoms with Gasteiger partial charge in [0.15, 0.2) is 5.96 Å². The third-order valence-corrected chi connectivity index (χ3v) is 12.7. The van der Waals surface area contributed by atoms with Crippen LogP contribution in [-0.4, -0.2) is 147 Å². The van der Waals surface area contributed by atoms with Crippen molar-refractivity contribution < 1.29 is 53.1 Å². The quantitative estimate of drug-likeness (QED) is 0.0138. The summed E-state index contributed by atoms with van der Waals surface area (Å²) < 4.78 is 0. The summed E-state index contributed by atoms with van der Waals surface area (Å²) in [6, 6.07) is 6.43. The van der Waals surface area contributed by atoms with Crippen LogP contribution in [0.25, 0.3) is 10.9 Å². The summed E-state index contributed by atoms with van der Waals surface area (Å²) in [5.41, 5.74) is 18.8. The molecule has 0 saturated heterocycles. The van der Waals surface area contributed by atoms with Gasteiger partial charge in [0.1, 0.15) is 42.3 Å². The van der Waals surface area contributed by atoms with Crippen molar-refractivity contribution >= 4 is 76.0 Å². The van der Waals surface area contributed by atoms with Gasteiger partial charge in [-0.05, 0) is 68.7 Å². The Balaban J connectivity index is 1.66. The van der Waals surface area contributed by atoms with Gasteiger partial charge in [0.05, 0.1) is 18.6 Å². The number of nitrogens with zero attached hydrogens (tertiary/aromatic N) is 1. The molecule has 7 atom stereocenters. The van der Waals surface area contributed by atoms with Crippen LogP contribution in [0.1, 0.15) is 94.9 Å².